The van der Waals surface area contributed by atoms with Crippen molar-refractivity contribution in [2.24, 2.45) is 5.92 Å². The van der Waals surface area contributed by atoms with Crippen LogP contribution in [-0.2, 0) is 9.84 Å². The molecule has 0 spiro atoms. The van der Waals surface area contributed by atoms with Crippen LogP contribution in [0.4, 0.5) is 0 Å². The van der Waals surface area contributed by atoms with E-state index in [0.29, 0.717) is 24.6 Å². The molecule has 21 heavy (non-hydrogen) atoms. The van der Waals surface area contributed by atoms with Gasteiger partial charge in [-0.3, -0.25) is 4.79 Å². The molecule has 0 aliphatic carbocycles. The van der Waals surface area contributed by atoms with Crippen molar-refractivity contribution in [2.45, 2.75) is 39.5 Å². The monoisotopic (exact) mass is 314 g/mol. The number of sulfone groups is 1. The van der Waals surface area contributed by atoms with Crippen LogP contribution in [0, 0.1) is 12.8 Å². The quantitative estimate of drug-likeness (QED) is 0.913. The van der Waals surface area contributed by atoms with Gasteiger partial charge in [-0.15, -0.1) is 0 Å². The summed E-state index contributed by atoms with van der Waals surface area (Å²) in [7, 11) is -2.95. The Labute approximate surface area is 125 Å². The van der Waals surface area contributed by atoms with Gasteiger partial charge in [-0.25, -0.2) is 13.4 Å². The van der Waals surface area contributed by atoms with Crippen LogP contribution in [0.15, 0.2) is 4.42 Å². The van der Waals surface area contributed by atoms with Crippen molar-refractivity contribution in [3.05, 3.63) is 17.3 Å². The highest BCUT2D eigenvalue weighted by atomic mass is 32.2. The van der Waals surface area contributed by atoms with Gasteiger partial charge in [0.1, 0.15) is 0 Å². The van der Waals surface area contributed by atoms with E-state index in [9.17, 15) is 13.2 Å². The molecule has 0 bridgehead atoms. The maximum Gasteiger partial charge on any atom is 0.289 e. The molecule has 7 heteroatoms. The van der Waals surface area contributed by atoms with Crippen molar-refractivity contribution in [2.75, 3.05) is 18.1 Å². The number of hydrogen-bond donors (Lipinski definition) is 1. The molecule has 2 heterocycles. The molecular formula is C14H22N2O4S. The molecular weight excluding hydrogens is 292 g/mol. The van der Waals surface area contributed by atoms with Gasteiger partial charge >= 0.3 is 0 Å². The van der Waals surface area contributed by atoms with Crippen molar-refractivity contribution in [3.8, 4) is 0 Å². The minimum absolute atomic E-state index is 0.0134. The Bertz CT molecular complexity index is 619. The lowest BCUT2D eigenvalue weighted by Gasteiger charge is -2.21. The first kappa shape index (κ1) is 16.0. The summed E-state index contributed by atoms with van der Waals surface area (Å²) >= 11 is 0. The number of aryl methyl sites for hydroxylation is 1. The third-order valence-corrected chi connectivity index (χ3v) is 5.51. The molecule has 1 atom stereocenters. The molecule has 0 saturated carbocycles. The maximum absolute atomic E-state index is 12.1. The number of carbonyl (C=O) groups is 1. The first-order valence-electron chi connectivity index (χ1n) is 7.24. The van der Waals surface area contributed by atoms with Gasteiger partial charge in [-0.1, -0.05) is 13.8 Å². The minimum Gasteiger partial charge on any atom is -0.435 e. The van der Waals surface area contributed by atoms with Crippen LogP contribution in [-0.4, -0.2) is 37.4 Å². The van der Waals surface area contributed by atoms with Crippen LogP contribution in [0.3, 0.4) is 0 Å². The fourth-order valence-corrected chi connectivity index (χ4v) is 4.25. The van der Waals surface area contributed by atoms with Crippen molar-refractivity contribution in [1.82, 2.24) is 10.3 Å². The van der Waals surface area contributed by atoms with E-state index in [1.54, 1.807) is 6.92 Å². The molecule has 6 nitrogen and oxygen atoms in total. The number of hydrogen-bond acceptors (Lipinski definition) is 5. The van der Waals surface area contributed by atoms with Gasteiger partial charge in [-0.2, -0.15) is 0 Å². The topological polar surface area (TPSA) is 89.3 Å². The molecule has 1 N–H and O–H groups in total. The number of aromatic nitrogens is 1. The highest BCUT2D eigenvalue weighted by Crippen LogP contribution is 2.19. The third-order valence-electron chi connectivity index (χ3n) is 3.62. The SMILES string of the molecule is Cc1nc(C(C)C)oc1C(=O)NCC1CCCS(=O)(=O)C1. The zero-order valence-electron chi connectivity index (χ0n) is 12.7. The highest BCUT2D eigenvalue weighted by molar-refractivity contribution is 7.91. The van der Waals surface area contributed by atoms with Crippen molar-refractivity contribution in [1.29, 1.82) is 0 Å². The van der Waals surface area contributed by atoms with Gasteiger partial charge in [0.2, 0.25) is 5.76 Å². The minimum atomic E-state index is -2.95. The largest absolute Gasteiger partial charge is 0.435 e. The Hall–Kier alpha value is -1.37. The van der Waals surface area contributed by atoms with Crippen molar-refractivity contribution >= 4 is 15.7 Å². The lowest BCUT2D eigenvalue weighted by molar-refractivity contribution is 0.0916. The maximum atomic E-state index is 12.1. The van der Waals surface area contributed by atoms with E-state index in [1.807, 2.05) is 13.8 Å². The van der Waals surface area contributed by atoms with Crippen molar-refractivity contribution in [3.63, 3.8) is 0 Å². The summed E-state index contributed by atoms with van der Waals surface area (Å²) in [6, 6.07) is 0. The number of oxazole rings is 1. The van der Waals surface area contributed by atoms with Gasteiger partial charge in [0, 0.05) is 12.5 Å². The molecule has 118 valence electrons. The number of nitrogens with one attached hydrogen (secondary N) is 1. The molecule has 1 aliphatic heterocycles. The predicted octanol–water partition coefficient (Wildman–Crippen LogP) is 1.66. The highest BCUT2D eigenvalue weighted by Gasteiger charge is 2.26. The van der Waals surface area contributed by atoms with Gasteiger partial charge < -0.3 is 9.73 Å². The molecule has 1 fully saturated rings. The summed E-state index contributed by atoms with van der Waals surface area (Å²) in [5.74, 6) is 0.954. The number of amides is 1. The Morgan fingerprint density at radius 3 is 2.76 bits per heavy atom. The van der Waals surface area contributed by atoms with Gasteiger partial charge in [0.05, 0.1) is 17.2 Å². The Morgan fingerprint density at radius 2 is 2.19 bits per heavy atom. The molecule has 1 amide bonds. The summed E-state index contributed by atoms with van der Waals surface area (Å²) in [4.78, 5) is 16.3. The zero-order valence-corrected chi connectivity index (χ0v) is 13.5. The molecule has 1 aromatic rings. The van der Waals surface area contributed by atoms with E-state index in [-0.39, 0.29) is 35.0 Å². The van der Waals surface area contributed by atoms with Crippen molar-refractivity contribution < 1.29 is 17.6 Å². The van der Waals surface area contributed by atoms with Crippen LogP contribution >= 0.6 is 0 Å². The van der Waals surface area contributed by atoms with Gasteiger partial charge in [0.25, 0.3) is 5.91 Å². The van der Waals surface area contributed by atoms with Crippen LogP contribution in [0.5, 0.6) is 0 Å². The number of nitrogens with zero attached hydrogens (tertiary/aromatic N) is 1. The average molecular weight is 314 g/mol. The van der Waals surface area contributed by atoms with E-state index < -0.39 is 9.84 Å². The summed E-state index contributed by atoms with van der Waals surface area (Å²) < 4.78 is 28.6. The first-order chi connectivity index (χ1) is 9.78. The van der Waals surface area contributed by atoms with Crippen LogP contribution < -0.4 is 5.32 Å². The van der Waals surface area contributed by atoms with Crippen LogP contribution in [0.2, 0.25) is 0 Å². The second-order valence-corrected chi connectivity index (χ2v) is 8.18. The molecule has 1 aromatic heterocycles. The summed E-state index contributed by atoms with van der Waals surface area (Å²) in [5, 5.41) is 2.76. The average Bonchev–Trinajstić information content (AvgIpc) is 2.77. The lowest BCUT2D eigenvalue weighted by atomic mass is 10.1. The van der Waals surface area contributed by atoms with E-state index in [1.165, 1.54) is 0 Å². The van der Waals surface area contributed by atoms with Gasteiger partial charge in [0.15, 0.2) is 15.7 Å². The fourth-order valence-electron chi connectivity index (χ4n) is 2.47. The first-order valence-corrected chi connectivity index (χ1v) is 9.06. The van der Waals surface area contributed by atoms with Gasteiger partial charge in [-0.05, 0) is 25.7 Å². The van der Waals surface area contributed by atoms with E-state index in [0.717, 1.165) is 6.42 Å². The van der Waals surface area contributed by atoms with Crippen LogP contribution in [0.25, 0.3) is 0 Å². The molecule has 1 aliphatic rings. The molecule has 0 radical (unpaired) electrons. The summed E-state index contributed by atoms with van der Waals surface area (Å²) in [5.41, 5.74) is 0.562. The Balaban J connectivity index is 1.96. The molecule has 1 unspecified atom stereocenters. The smallest absolute Gasteiger partial charge is 0.289 e. The Kier molecular flexibility index (Phi) is 4.70. The molecule has 1 saturated heterocycles. The fraction of sp³-hybridized carbons (Fsp3) is 0.714. The second kappa shape index (κ2) is 6.17. The van der Waals surface area contributed by atoms with Crippen LogP contribution in [0.1, 0.15) is 54.7 Å². The number of rotatable bonds is 4. The standard InChI is InChI=1S/C14H22N2O4S/c1-9(2)14-16-10(3)12(20-14)13(17)15-7-11-5-4-6-21(18,19)8-11/h9,11H,4-8H2,1-3H3,(H,15,17). The number of carbonyl (C=O) groups excluding carboxylic acids is 1. The second-order valence-electron chi connectivity index (χ2n) is 5.95. The Morgan fingerprint density at radius 1 is 1.48 bits per heavy atom. The lowest BCUT2D eigenvalue weighted by Crippen LogP contribution is -2.35. The summed E-state index contributed by atoms with van der Waals surface area (Å²) in [6.07, 6.45) is 1.49. The van der Waals surface area contributed by atoms with E-state index >= 15 is 0 Å². The predicted molar refractivity (Wildman–Crippen MR) is 79.0 cm³/mol. The van der Waals surface area contributed by atoms with E-state index in [2.05, 4.69) is 10.3 Å². The summed E-state index contributed by atoms with van der Waals surface area (Å²) in [6.45, 7) is 5.98. The molecule has 0 aromatic carbocycles. The zero-order chi connectivity index (χ0) is 15.6. The molecule has 2 rings (SSSR count). The normalized spacial score (nSPS) is 21.4. The van der Waals surface area contributed by atoms with E-state index in [4.69, 9.17) is 4.42 Å². The third kappa shape index (κ3) is 4.06.